The van der Waals surface area contributed by atoms with Crippen LogP contribution >= 0.6 is 11.6 Å². The van der Waals surface area contributed by atoms with E-state index in [0.29, 0.717) is 49.6 Å². The molecule has 2 aromatic rings. The van der Waals surface area contributed by atoms with Crippen LogP contribution in [-0.4, -0.2) is 47.9 Å². The monoisotopic (exact) mass is 425 g/mol. The van der Waals surface area contributed by atoms with Gasteiger partial charge in [-0.2, -0.15) is 5.26 Å². The summed E-state index contributed by atoms with van der Waals surface area (Å²) in [5.74, 6) is -0.255. The van der Waals surface area contributed by atoms with Crippen molar-refractivity contribution in [1.29, 1.82) is 5.26 Å². The Morgan fingerprint density at radius 1 is 1.10 bits per heavy atom. The van der Waals surface area contributed by atoms with Gasteiger partial charge in [0.2, 0.25) is 11.8 Å². The number of likely N-dealkylation sites (tertiary alicyclic amines) is 1. The van der Waals surface area contributed by atoms with Crippen LogP contribution in [0, 0.1) is 23.2 Å². The van der Waals surface area contributed by atoms with Crippen molar-refractivity contribution in [1.82, 2.24) is 9.88 Å². The summed E-state index contributed by atoms with van der Waals surface area (Å²) in [6.45, 7) is 2.57. The SMILES string of the molecule is N#Cc1cnc2ccc(Cl)cc2c1N1CCC(C(=O)N2CCC(C(N)=O)CC2)CC1. The van der Waals surface area contributed by atoms with Gasteiger partial charge in [-0.15, -0.1) is 0 Å². The number of halogens is 1. The van der Waals surface area contributed by atoms with Crippen molar-refractivity contribution in [3.8, 4) is 6.07 Å². The van der Waals surface area contributed by atoms with Crippen LogP contribution in [0.5, 0.6) is 0 Å². The first-order chi connectivity index (χ1) is 14.5. The van der Waals surface area contributed by atoms with E-state index < -0.39 is 0 Å². The largest absolute Gasteiger partial charge is 0.370 e. The zero-order chi connectivity index (χ0) is 21.3. The van der Waals surface area contributed by atoms with Gasteiger partial charge in [0.1, 0.15) is 6.07 Å². The summed E-state index contributed by atoms with van der Waals surface area (Å²) >= 11 is 6.20. The van der Waals surface area contributed by atoms with E-state index in [-0.39, 0.29) is 23.7 Å². The van der Waals surface area contributed by atoms with Gasteiger partial charge in [-0.3, -0.25) is 14.6 Å². The van der Waals surface area contributed by atoms with Crippen LogP contribution < -0.4 is 10.6 Å². The second-order valence-corrected chi connectivity index (χ2v) is 8.49. The number of hydrogen-bond acceptors (Lipinski definition) is 5. The van der Waals surface area contributed by atoms with Crippen LogP contribution in [0.1, 0.15) is 31.2 Å². The molecule has 2 N–H and O–H groups in total. The normalized spacial score (nSPS) is 18.4. The molecular formula is C22H24ClN5O2. The first-order valence-electron chi connectivity index (χ1n) is 10.3. The van der Waals surface area contributed by atoms with Crippen LogP contribution in [0.15, 0.2) is 24.4 Å². The predicted molar refractivity (Wildman–Crippen MR) is 115 cm³/mol. The van der Waals surface area contributed by atoms with E-state index in [1.807, 2.05) is 17.0 Å². The molecule has 7 nitrogen and oxygen atoms in total. The molecule has 0 radical (unpaired) electrons. The lowest BCUT2D eigenvalue weighted by Crippen LogP contribution is -2.47. The number of hydrogen-bond donors (Lipinski definition) is 1. The summed E-state index contributed by atoms with van der Waals surface area (Å²) in [6, 6.07) is 7.74. The molecule has 30 heavy (non-hydrogen) atoms. The van der Waals surface area contributed by atoms with Crippen LogP contribution in [0.2, 0.25) is 5.02 Å². The summed E-state index contributed by atoms with van der Waals surface area (Å²) in [6.07, 6.45) is 4.35. The van der Waals surface area contributed by atoms with Gasteiger partial charge in [0.15, 0.2) is 0 Å². The van der Waals surface area contributed by atoms with Crippen molar-refractivity contribution in [3.05, 3.63) is 35.0 Å². The topological polar surface area (TPSA) is 103 Å². The minimum atomic E-state index is -0.270. The molecule has 0 bridgehead atoms. The van der Waals surface area contributed by atoms with Crippen molar-refractivity contribution in [3.63, 3.8) is 0 Å². The summed E-state index contributed by atoms with van der Waals surface area (Å²) in [5, 5.41) is 11.1. The molecule has 2 aliphatic rings. The highest BCUT2D eigenvalue weighted by atomic mass is 35.5. The smallest absolute Gasteiger partial charge is 0.225 e. The average Bonchev–Trinajstić information content (AvgIpc) is 2.78. The van der Waals surface area contributed by atoms with Gasteiger partial charge in [-0.1, -0.05) is 11.6 Å². The van der Waals surface area contributed by atoms with E-state index in [4.69, 9.17) is 17.3 Å². The summed E-state index contributed by atoms with van der Waals surface area (Å²) in [7, 11) is 0. The van der Waals surface area contributed by atoms with E-state index in [0.717, 1.165) is 29.4 Å². The molecule has 0 unspecified atom stereocenters. The number of nitrogens with zero attached hydrogens (tertiary/aromatic N) is 4. The Morgan fingerprint density at radius 3 is 2.40 bits per heavy atom. The molecule has 0 spiro atoms. The molecule has 3 heterocycles. The number of fused-ring (bicyclic) bond motifs is 1. The molecule has 156 valence electrons. The third kappa shape index (κ3) is 3.92. The maximum atomic E-state index is 13.0. The maximum absolute atomic E-state index is 13.0. The minimum Gasteiger partial charge on any atom is -0.370 e. The first kappa shape index (κ1) is 20.4. The predicted octanol–water partition coefficient (Wildman–Crippen LogP) is 2.70. The molecule has 4 rings (SSSR count). The number of anilines is 1. The van der Waals surface area contributed by atoms with Gasteiger partial charge in [-0.05, 0) is 43.9 Å². The number of aromatic nitrogens is 1. The van der Waals surface area contributed by atoms with Gasteiger partial charge in [0.05, 0.1) is 16.8 Å². The zero-order valence-electron chi connectivity index (χ0n) is 16.7. The minimum absolute atomic E-state index is 0.0337. The molecule has 0 aliphatic carbocycles. The molecular weight excluding hydrogens is 402 g/mol. The number of piperidine rings is 2. The van der Waals surface area contributed by atoms with E-state index >= 15 is 0 Å². The Morgan fingerprint density at radius 2 is 1.77 bits per heavy atom. The number of carbonyl (C=O) groups is 2. The quantitative estimate of drug-likeness (QED) is 0.814. The van der Waals surface area contributed by atoms with Crippen LogP contribution in [-0.2, 0) is 9.59 Å². The van der Waals surface area contributed by atoms with Gasteiger partial charge < -0.3 is 15.5 Å². The molecule has 8 heteroatoms. The molecule has 2 aliphatic heterocycles. The number of nitriles is 1. The number of carbonyl (C=O) groups excluding carboxylic acids is 2. The van der Waals surface area contributed by atoms with Crippen molar-refractivity contribution in [2.45, 2.75) is 25.7 Å². The van der Waals surface area contributed by atoms with E-state index in [2.05, 4.69) is 16.0 Å². The zero-order valence-corrected chi connectivity index (χ0v) is 17.4. The van der Waals surface area contributed by atoms with Crippen molar-refractivity contribution in [2.24, 2.45) is 17.6 Å². The van der Waals surface area contributed by atoms with E-state index in [1.165, 1.54) is 0 Å². The lowest BCUT2D eigenvalue weighted by atomic mass is 9.91. The molecule has 0 saturated carbocycles. The van der Waals surface area contributed by atoms with Crippen LogP contribution in [0.3, 0.4) is 0 Å². The van der Waals surface area contributed by atoms with E-state index in [1.54, 1.807) is 12.3 Å². The summed E-state index contributed by atoms with van der Waals surface area (Å²) < 4.78 is 0. The van der Waals surface area contributed by atoms with Gasteiger partial charge in [0, 0.05) is 54.6 Å². The Labute approximate surface area is 180 Å². The fourth-order valence-corrected chi connectivity index (χ4v) is 4.74. The summed E-state index contributed by atoms with van der Waals surface area (Å²) in [4.78, 5) is 32.7. The number of primary amides is 1. The van der Waals surface area contributed by atoms with Crippen LogP contribution in [0.4, 0.5) is 5.69 Å². The Balaban J connectivity index is 1.46. The number of benzene rings is 1. The van der Waals surface area contributed by atoms with Crippen molar-refractivity contribution < 1.29 is 9.59 Å². The second kappa shape index (κ2) is 8.49. The Kier molecular flexibility index (Phi) is 5.78. The van der Waals surface area contributed by atoms with Crippen molar-refractivity contribution in [2.75, 3.05) is 31.1 Å². The van der Waals surface area contributed by atoms with Gasteiger partial charge in [-0.25, -0.2) is 0 Å². The van der Waals surface area contributed by atoms with E-state index in [9.17, 15) is 14.9 Å². The highest BCUT2D eigenvalue weighted by Gasteiger charge is 2.32. The average molecular weight is 426 g/mol. The third-order valence-electron chi connectivity index (χ3n) is 6.29. The third-order valence-corrected chi connectivity index (χ3v) is 6.53. The fourth-order valence-electron chi connectivity index (χ4n) is 4.57. The van der Waals surface area contributed by atoms with Crippen molar-refractivity contribution >= 4 is 40.0 Å². The molecule has 2 fully saturated rings. The molecule has 1 aromatic heterocycles. The number of amides is 2. The molecule has 0 atom stereocenters. The highest BCUT2D eigenvalue weighted by molar-refractivity contribution is 6.31. The number of pyridine rings is 1. The molecule has 1 aromatic carbocycles. The fraction of sp³-hybridized carbons (Fsp3) is 0.455. The van der Waals surface area contributed by atoms with Gasteiger partial charge in [0.25, 0.3) is 0 Å². The standard InChI is InChI=1S/C22H24ClN5O2/c23-17-1-2-19-18(11-17)20(16(12-24)13-26-19)27-7-5-15(6-8-27)22(30)28-9-3-14(4-10-28)21(25)29/h1-2,11,13-15H,3-10H2,(H2,25,29). The first-order valence-corrected chi connectivity index (χ1v) is 10.7. The Bertz CT molecular complexity index is 1020. The molecule has 2 saturated heterocycles. The maximum Gasteiger partial charge on any atom is 0.225 e. The number of rotatable bonds is 3. The second-order valence-electron chi connectivity index (χ2n) is 8.06. The number of nitrogens with two attached hydrogens (primary N) is 1. The van der Waals surface area contributed by atoms with Gasteiger partial charge >= 0.3 is 0 Å². The lowest BCUT2D eigenvalue weighted by Gasteiger charge is -2.38. The Hall–Kier alpha value is -2.85. The van der Waals surface area contributed by atoms with Crippen LogP contribution in [0.25, 0.3) is 10.9 Å². The molecule has 2 amide bonds. The summed E-state index contributed by atoms with van der Waals surface area (Å²) in [5.41, 5.74) is 7.55. The highest BCUT2D eigenvalue weighted by Crippen LogP contribution is 2.34. The lowest BCUT2D eigenvalue weighted by molar-refractivity contribution is -0.139.